The average Bonchev–Trinajstić information content (AvgIpc) is 2.66. The fourth-order valence-electron chi connectivity index (χ4n) is 2.92. The molecule has 5 nitrogen and oxygen atoms in total. The minimum absolute atomic E-state index is 0.0207. The van der Waals surface area contributed by atoms with Crippen LogP contribution in [-0.4, -0.2) is 47.2 Å². The van der Waals surface area contributed by atoms with Crippen molar-refractivity contribution in [1.82, 2.24) is 14.9 Å². The van der Waals surface area contributed by atoms with Crippen LogP contribution in [0.2, 0.25) is 10.0 Å². The molecule has 28 heavy (non-hydrogen) atoms. The van der Waals surface area contributed by atoms with Crippen LogP contribution in [0.3, 0.4) is 0 Å². The Morgan fingerprint density at radius 1 is 1.14 bits per heavy atom. The minimum atomic E-state index is -4.48. The second-order valence-electron chi connectivity index (χ2n) is 6.42. The van der Waals surface area contributed by atoms with E-state index in [4.69, 9.17) is 27.9 Å². The third-order valence-corrected chi connectivity index (χ3v) is 5.12. The monoisotopic (exact) mass is 434 g/mol. The molecule has 2 aromatic rings. The molecule has 0 bridgehead atoms. The van der Waals surface area contributed by atoms with E-state index in [-0.39, 0.29) is 12.1 Å². The zero-order valence-electron chi connectivity index (χ0n) is 14.8. The van der Waals surface area contributed by atoms with Crippen molar-refractivity contribution in [3.63, 3.8) is 0 Å². The lowest BCUT2D eigenvalue weighted by Crippen LogP contribution is -2.40. The van der Waals surface area contributed by atoms with Crippen LogP contribution in [0.25, 0.3) is 0 Å². The van der Waals surface area contributed by atoms with Crippen LogP contribution in [0.5, 0.6) is 5.75 Å². The van der Waals surface area contributed by atoms with Gasteiger partial charge in [0, 0.05) is 38.4 Å². The van der Waals surface area contributed by atoms with Gasteiger partial charge in [-0.15, -0.1) is 0 Å². The van der Waals surface area contributed by atoms with Gasteiger partial charge in [0.2, 0.25) is 5.95 Å². The van der Waals surface area contributed by atoms with Gasteiger partial charge >= 0.3 is 6.18 Å². The normalized spacial score (nSPS) is 16.2. The summed E-state index contributed by atoms with van der Waals surface area (Å²) in [5.74, 6) is 0.670. The highest BCUT2D eigenvalue weighted by Crippen LogP contribution is 2.29. The Hall–Kier alpha value is -1.77. The van der Waals surface area contributed by atoms with Crippen LogP contribution in [0.15, 0.2) is 30.5 Å². The maximum atomic E-state index is 12.7. The van der Waals surface area contributed by atoms with Gasteiger partial charge in [0.05, 0.1) is 10.0 Å². The molecule has 10 heteroatoms. The molecule has 1 saturated heterocycles. The van der Waals surface area contributed by atoms with Crippen molar-refractivity contribution < 1.29 is 17.9 Å². The number of hydrogen-bond acceptors (Lipinski definition) is 5. The van der Waals surface area contributed by atoms with Crippen LogP contribution in [0.4, 0.5) is 19.1 Å². The molecule has 1 aliphatic heterocycles. The Morgan fingerprint density at radius 3 is 2.57 bits per heavy atom. The molecule has 0 radical (unpaired) electrons. The van der Waals surface area contributed by atoms with Crippen LogP contribution >= 0.6 is 23.2 Å². The van der Waals surface area contributed by atoms with Gasteiger partial charge in [0.25, 0.3) is 0 Å². The number of ether oxygens (including phenoxy) is 1. The maximum Gasteiger partial charge on any atom is 0.433 e. The molecule has 0 spiro atoms. The summed E-state index contributed by atoms with van der Waals surface area (Å²) in [6.45, 7) is 2.80. The fourth-order valence-corrected chi connectivity index (χ4v) is 3.21. The van der Waals surface area contributed by atoms with Gasteiger partial charge in [-0.1, -0.05) is 23.2 Å². The van der Waals surface area contributed by atoms with Crippen molar-refractivity contribution in [3.8, 4) is 5.75 Å². The number of nitrogens with zero attached hydrogens (tertiary/aromatic N) is 3. The van der Waals surface area contributed by atoms with Gasteiger partial charge in [-0.05, 0) is 31.0 Å². The predicted octanol–water partition coefficient (Wildman–Crippen LogP) is 4.76. The van der Waals surface area contributed by atoms with Gasteiger partial charge < -0.3 is 15.0 Å². The maximum absolute atomic E-state index is 12.7. The van der Waals surface area contributed by atoms with E-state index >= 15 is 0 Å². The van der Waals surface area contributed by atoms with E-state index in [9.17, 15) is 13.2 Å². The zero-order valence-corrected chi connectivity index (χ0v) is 16.4. The number of nitrogens with one attached hydrogen (secondary N) is 1. The highest BCUT2D eigenvalue weighted by Gasteiger charge is 2.32. The van der Waals surface area contributed by atoms with E-state index in [1.54, 1.807) is 18.2 Å². The fraction of sp³-hybridized carbons (Fsp3) is 0.444. The van der Waals surface area contributed by atoms with Crippen LogP contribution in [-0.2, 0) is 6.18 Å². The first-order chi connectivity index (χ1) is 13.3. The Bertz CT molecular complexity index is 799. The minimum Gasteiger partial charge on any atom is -0.490 e. The van der Waals surface area contributed by atoms with Gasteiger partial charge in [-0.25, -0.2) is 9.97 Å². The third kappa shape index (κ3) is 5.86. The van der Waals surface area contributed by atoms with Crippen LogP contribution in [0, 0.1) is 0 Å². The molecule has 0 aliphatic carbocycles. The molecule has 0 atom stereocenters. The topological polar surface area (TPSA) is 50.3 Å². The summed E-state index contributed by atoms with van der Waals surface area (Å²) in [5, 5.41) is 3.79. The second kappa shape index (κ2) is 9.15. The van der Waals surface area contributed by atoms with Gasteiger partial charge in [-0.2, -0.15) is 13.2 Å². The van der Waals surface area contributed by atoms with E-state index < -0.39 is 11.9 Å². The van der Waals surface area contributed by atoms with E-state index in [2.05, 4.69) is 20.2 Å². The quantitative estimate of drug-likeness (QED) is 0.710. The molecular weight excluding hydrogens is 416 g/mol. The first-order valence-corrected chi connectivity index (χ1v) is 9.55. The van der Waals surface area contributed by atoms with Gasteiger partial charge in [-0.3, -0.25) is 0 Å². The zero-order chi connectivity index (χ0) is 20.1. The number of hydrogen-bond donors (Lipinski definition) is 1. The SMILES string of the molecule is FC(F)(F)c1ccnc(NCCN2CCC(Oc3ccc(Cl)c(Cl)c3)CC2)n1. The summed E-state index contributed by atoms with van der Waals surface area (Å²) in [7, 11) is 0. The molecule has 0 saturated carbocycles. The standard InChI is InChI=1S/C18H19Cl2F3N4O/c19-14-2-1-13(11-15(14)20)28-12-4-8-27(9-5-12)10-7-25-17-24-6-3-16(26-17)18(21,22)23/h1-3,6,11-12H,4-5,7-10H2,(H,24,25,26). The van der Waals surface area contributed by atoms with E-state index in [1.807, 2.05) is 0 Å². The number of benzene rings is 1. The predicted molar refractivity (Wildman–Crippen MR) is 102 cm³/mol. The van der Waals surface area contributed by atoms with Crippen molar-refractivity contribution in [2.45, 2.75) is 25.1 Å². The Morgan fingerprint density at radius 2 is 1.89 bits per heavy atom. The Balaban J connectivity index is 1.40. The van der Waals surface area contributed by atoms with Crippen molar-refractivity contribution >= 4 is 29.2 Å². The highest BCUT2D eigenvalue weighted by atomic mass is 35.5. The molecule has 152 valence electrons. The average molecular weight is 435 g/mol. The molecule has 1 N–H and O–H groups in total. The molecule has 1 aromatic carbocycles. The highest BCUT2D eigenvalue weighted by molar-refractivity contribution is 6.42. The lowest BCUT2D eigenvalue weighted by atomic mass is 10.1. The molecule has 1 aliphatic rings. The smallest absolute Gasteiger partial charge is 0.433 e. The molecular formula is C18H19Cl2F3N4O. The molecule has 0 unspecified atom stereocenters. The summed E-state index contributed by atoms with van der Waals surface area (Å²) in [6.07, 6.45) is -1.59. The first kappa shape index (κ1) is 21.0. The molecule has 3 rings (SSSR count). The third-order valence-electron chi connectivity index (χ3n) is 4.39. The lowest BCUT2D eigenvalue weighted by Gasteiger charge is -2.32. The summed E-state index contributed by atoms with van der Waals surface area (Å²) >= 11 is 11.9. The number of likely N-dealkylation sites (tertiary alicyclic amines) is 1. The van der Waals surface area contributed by atoms with Gasteiger partial charge in [0.15, 0.2) is 0 Å². The number of aromatic nitrogens is 2. The van der Waals surface area contributed by atoms with E-state index in [0.29, 0.717) is 28.9 Å². The summed E-state index contributed by atoms with van der Waals surface area (Å²) in [6, 6.07) is 6.05. The molecule has 0 amide bonds. The van der Waals surface area contributed by atoms with Gasteiger partial charge in [0.1, 0.15) is 17.5 Å². The van der Waals surface area contributed by atoms with Crippen molar-refractivity contribution in [3.05, 3.63) is 46.2 Å². The van der Waals surface area contributed by atoms with Crippen LogP contribution < -0.4 is 10.1 Å². The molecule has 2 heterocycles. The number of halogens is 5. The van der Waals surface area contributed by atoms with Crippen molar-refractivity contribution in [2.24, 2.45) is 0 Å². The van der Waals surface area contributed by atoms with Crippen LogP contribution in [0.1, 0.15) is 18.5 Å². The lowest BCUT2D eigenvalue weighted by molar-refractivity contribution is -0.141. The summed E-state index contributed by atoms with van der Waals surface area (Å²) < 4.78 is 43.9. The summed E-state index contributed by atoms with van der Waals surface area (Å²) in [5.41, 5.74) is -0.953. The molecule has 1 aromatic heterocycles. The largest absolute Gasteiger partial charge is 0.490 e. The Labute approximate surface area is 170 Å². The van der Waals surface area contributed by atoms with E-state index in [0.717, 1.165) is 38.2 Å². The molecule has 1 fully saturated rings. The van der Waals surface area contributed by atoms with Crippen molar-refractivity contribution in [1.29, 1.82) is 0 Å². The number of rotatable bonds is 6. The number of anilines is 1. The second-order valence-corrected chi connectivity index (χ2v) is 7.24. The number of piperidine rings is 1. The first-order valence-electron chi connectivity index (χ1n) is 8.79. The van der Waals surface area contributed by atoms with Crippen molar-refractivity contribution in [2.75, 3.05) is 31.5 Å². The van der Waals surface area contributed by atoms with E-state index in [1.165, 1.54) is 0 Å². The summed E-state index contributed by atoms with van der Waals surface area (Å²) in [4.78, 5) is 9.54. The number of alkyl halides is 3. The Kier molecular flexibility index (Phi) is 6.85.